The van der Waals surface area contributed by atoms with Crippen LogP contribution in [-0.4, -0.2) is 46.8 Å². The average Bonchev–Trinajstić information content (AvgIpc) is 3.49. The first-order valence-corrected chi connectivity index (χ1v) is 14.5. The lowest BCUT2D eigenvalue weighted by molar-refractivity contribution is -0.275. The van der Waals surface area contributed by atoms with Gasteiger partial charge in [0.25, 0.3) is 5.88 Å². The Balaban J connectivity index is 1.32. The molecule has 0 aliphatic rings. The van der Waals surface area contributed by atoms with Gasteiger partial charge in [-0.05, 0) is 64.6 Å². The van der Waals surface area contributed by atoms with Crippen LogP contribution in [0.5, 0.6) is 17.4 Å². The van der Waals surface area contributed by atoms with E-state index in [9.17, 15) is 31.1 Å². The third-order valence-corrected chi connectivity index (χ3v) is 6.95. The highest BCUT2D eigenvalue weighted by Crippen LogP contribution is 2.29. The number of nitrogens with zero attached hydrogens (tertiary/aromatic N) is 2. The minimum atomic E-state index is -4.78. The highest BCUT2D eigenvalue weighted by Gasteiger charge is 2.31. The van der Waals surface area contributed by atoms with Crippen molar-refractivity contribution in [3.8, 4) is 39.6 Å². The second-order valence-corrected chi connectivity index (χ2v) is 10.4. The molecule has 0 radical (unpaired) electrons. The number of aromatic amines is 1. The van der Waals surface area contributed by atoms with Gasteiger partial charge in [-0.1, -0.05) is 83.1 Å². The maximum absolute atomic E-state index is 12.5. The van der Waals surface area contributed by atoms with Crippen molar-refractivity contribution in [2.45, 2.75) is 38.6 Å². The minimum Gasteiger partial charge on any atom is -0.471 e. The molecule has 0 aliphatic carbocycles. The number of hydrogen-bond acceptors (Lipinski definition) is 7. The molecule has 250 valence electrons. The summed E-state index contributed by atoms with van der Waals surface area (Å²) >= 11 is 0. The Hall–Kier alpha value is -5.53. The van der Waals surface area contributed by atoms with Crippen LogP contribution in [0.2, 0.25) is 0 Å². The zero-order chi connectivity index (χ0) is 34.3. The molecule has 14 heteroatoms. The van der Waals surface area contributed by atoms with Gasteiger partial charge in [0.05, 0.1) is 6.61 Å². The fourth-order valence-corrected chi connectivity index (χ4v) is 4.84. The maximum Gasteiger partial charge on any atom is 0.573 e. The predicted molar refractivity (Wildman–Crippen MR) is 161 cm³/mol. The van der Waals surface area contributed by atoms with Crippen molar-refractivity contribution in [2.24, 2.45) is 0 Å². The van der Waals surface area contributed by atoms with Gasteiger partial charge in [-0.2, -0.15) is 0 Å². The zero-order valence-electron chi connectivity index (χ0n) is 25.1. The third-order valence-electron chi connectivity index (χ3n) is 6.95. The number of rotatable bonds is 12. The number of hydrogen-bond donors (Lipinski definition) is 1. The van der Waals surface area contributed by atoms with Crippen molar-refractivity contribution in [1.29, 1.82) is 0 Å². The van der Waals surface area contributed by atoms with Gasteiger partial charge in [-0.3, -0.25) is 0 Å². The van der Waals surface area contributed by atoms with E-state index in [1.807, 2.05) is 48.5 Å². The Kier molecular flexibility index (Phi) is 10.2. The highest BCUT2D eigenvalue weighted by atomic mass is 19.4. The second kappa shape index (κ2) is 14.5. The molecular weight excluding hydrogens is 644 g/mol. The van der Waals surface area contributed by atoms with Gasteiger partial charge in [0.2, 0.25) is 5.69 Å². The van der Waals surface area contributed by atoms with E-state index in [-0.39, 0.29) is 29.7 Å². The summed E-state index contributed by atoms with van der Waals surface area (Å²) < 4.78 is 94.2. The number of ether oxygens (including phenoxy) is 4. The van der Waals surface area contributed by atoms with Gasteiger partial charge < -0.3 is 18.9 Å². The predicted octanol–water partition coefficient (Wildman–Crippen LogP) is 8.35. The second-order valence-electron chi connectivity index (χ2n) is 10.4. The Morgan fingerprint density at radius 2 is 1.06 bits per heavy atom. The molecule has 0 saturated carbocycles. The van der Waals surface area contributed by atoms with E-state index in [4.69, 9.17) is 9.47 Å². The molecule has 48 heavy (non-hydrogen) atoms. The van der Waals surface area contributed by atoms with Crippen LogP contribution in [0, 0.1) is 0 Å². The summed E-state index contributed by atoms with van der Waals surface area (Å²) in [6.07, 6.45) is -9.36. The van der Waals surface area contributed by atoms with Crippen molar-refractivity contribution in [2.75, 3.05) is 6.61 Å². The van der Waals surface area contributed by atoms with E-state index in [1.54, 1.807) is 6.92 Å². The molecule has 0 saturated heterocycles. The molecule has 0 bridgehead atoms. The quantitative estimate of drug-likeness (QED) is 0.105. The first kappa shape index (κ1) is 33.8. The summed E-state index contributed by atoms with van der Waals surface area (Å²) in [4.78, 5) is 12.4. The van der Waals surface area contributed by atoms with E-state index >= 15 is 0 Å². The van der Waals surface area contributed by atoms with E-state index in [0.29, 0.717) is 24.0 Å². The van der Waals surface area contributed by atoms with Gasteiger partial charge >= 0.3 is 18.7 Å². The van der Waals surface area contributed by atoms with Gasteiger partial charge in [-0.15, -0.1) is 26.3 Å². The lowest BCUT2D eigenvalue weighted by atomic mass is 9.97. The number of nitrogens with one attached hydrogen (secondary N) is 1. The molecule has 1 N–H and O–H groups in total. The van der Waals surface area contributed by atoms with Gasteiger partial charge in [0.15, 0.2) is 0 Å². The molecule has 5 aromatic rings. The number of carbonyl (C=O) groups excluding carboxylic acids is 1. The lowest BCUT2D eigenvalue weighted by Gasteiger charge is -2.19. The third kappa shape index (κ3) is 9.50. The first-order chi connectivity index (χ1) is 22.8. The summed E-state index contributed by atoms with van der Waals surface area (Å²) in [7, 11) is 0. The number of alkyl halides is 6. The number of H-pyrrole nitrogens is 1. The Labute approximate surface area is 270 Å². The van der Waals surface area contributed by atoms with Crippen molar-refractivity contribution < 1.29 is 50.1 Å². The van der Waals surface area contributed by atoms with Crippen LogP contribution in [0.25, 0.3) is 22.3 Å². The number of halogens is 6. The molecule has 1 heterocycles. The fraction of sp³-hybridized carbons (Fsp3) is 0.206. The number of aromatic nitrogens is 3. The summed E-state index contributed by atoms with van der Waals surface area (Å²) in [5, 5.41) is 10.1. The standard InChI is InChI=1S/C34H27F6N3O5/c1-2-45-32(44)30-31(42-43-41-30)46-29(19-21-3-7-23(8-4-21)25-11-15-27(16-12-25)47-33(35,36)37)20-22-5-9-24(10-6-22)26-13-17-28(18-14-26)48-34(38,39)40/h3-18,29H,2,19-20H2,1H3,(H,41,42,43). The van der Waals surface area contributed by atoms with Crippen LogP contribution in [0.3, 0.4) is 0 Å². The van der Waals surface area contributed by atoms with Crippen LogP contribution in [0.15, 0.2) is 97.1 Å². The molecule has 4 aromatic carbocycles. The van der Waals surface area contributed by atoms with Crippen molar-refractivity contribution in [1.82, 2.24) is 15.4 Å². The topological polar surface area (TPSA) is 95.6 Å². The molecule has 0 spiro atoms. The summed E-state index contributed by atoms with van der Waals surface area (Å²) in [5.74, 6) is -1.35. The van der Waals surface area contributed by atoms with Crippen molar-refractivity contribution in [3.63, 3.8) is 0 Å². The highest BCUT2D eigenvalue weighted by molar-refractivity contribution is 5.89. The zero-order valence-corrected chi connectivity index (χ0v) is 25.1. The van der Waals surface area contributed by atoms with E-state index in [2.05, 4.69) is 24.9 Å². The molecule has 0 fully saturated rings. The van der Waals surface area contributed by atoms with Crippen molar-refractivity contribution >= 4 is 5.97 Å². The van der Waals surface area contributed by atoms with Crippen LogP contribution in [0.1, 0.15) is 28.5 Å². The molecule has 0 aliphatic heterocycles. The normalized spacial score (nSPS) is 11.8. The van der Waals surface area contributed by atoms with Crippen LogP contribution < -0.4 is 14.2 Å². The Morgan fingerprint density at radius 1 is 0.667 bits per heavy atom. The maximum atomic E-state index is 12.5. The molecule has 5 rings (SSSR count). The summed E-state index contributed by atoms with van der Waals surface area (Å²) in [6, 6.07) is 25.8. The molecular formula is C34H27F6N3O5. The van der Waals surface area contributed by atoms with E-state index in [1.165, 1.54) is 48.5 Å². The molecule has 8 nitrogen and oxygen atoms in total. The lowest BCUT2D eigenvalue weighted by Crippen LogP contribution is -2.24. The van der Waals surface area contributed by atoms with E-state index < -0.39 is 24.8 Å². The summed E-state index contributed by atoms with van der Waals surface area (Å²) in [5.41, 5.74) is 4.60. The number of benzene rings is 4. The van der Waals surface area contributed by atoms with Gasteiger partial charge in [0, 0.05) is 12.8 Å². The molecule has 0 amide bonds. The van der Waals surface area contributed by atoms with Crippen LogP contribution in [-0.2, 0) is 17.6 Å². The number of carbonyl (C=O) groups is 1. The Bertz CT molecular complexity index is 1680. The molecule has 0 atom stereocenters. The SMILES string of the molecule is CCOC(=O)c1[nH]nnc1OC(Cc1ccc(-c2ccc(OC(F)(F)F)cc2)cc1)Cc1ccc(-c2ccc(OC(F)(F)F)cc2)cc1. The monoisotopic (exact) mass is 671 g/mol. The molecule has 0 unspecified atom stereocenters. The fourth-order valence-electron chi connectivity index (χ4n) is 4.84. The van der Waals surface area contributed by atoms with E-state index in [0.717, 1.165) is 22.3 Å². The smallest absolute Gasteiger partial charge is 0.471 e. The van der Waals surface area contributed by atoms with Gasteiger partial charge in [-0.25, -0.2) is 9.89 Å². The number of esters is 1. The van der Waals surface area contributed by atoms with Gasteiger partial charge in [0.1, 0.15) is 17.6 Å². The summed E-state index contributed by atoms with van der Waals surface area (Å²) in [6.45, 7) is 1.79. The van der Waals surface area contributed by atoms with Crippen LogP contribution in [0.4, 0.5) is 26.3 Å². The Morgan fingerprint density at radius 3 is 1.44 bits per heavy atom. The average molecular weight is 672 g/mol. The largest absolute Gasteiger partial charge is 0.573 e. The van der Waals surface area contributed by atoms with Crippen LogP contribution >= 0.6 is 0 Å². The van der Waals surface area contributed by atoms with Crippen molar-refractivity contribution in [3.05, 3.63) is 114 Å². The minimum absolute atomic E-state index is 0.0333. The molecule has 1 aromatic heterocycles. The first-order valence-electron chi connectivity index (χ1n) is 14.5.